The van der Waals surface area contributed by atoms with Crippen LogP contribution in [0.3, 0.4) is 0 Å². The average molecular weight is 486 g/mol. The molecule has 0 radical (unpaired) electrons. The third-order valence-corrected chi connectivity index (χ3v) is 5.41. The Hall–Kier alpha value is -3.65. The summed E-state index contributed by atoms with van der Waals surface area (Å²) in [6, 6.07) is 9.59. The largest absolute Gasteiger partial charge is 0.423 e. The Kier molecular flexibility index (Phi) is 7.96. The number of β-amino-alcohol motifs (C(OH)–C–C–N with tert-alkyl or cyclic N) is 1. The molecule has 4 rings (SSSR count). The van der Waals surface area contributed by atoms with Crippen molar-refractivity contribution in [2.75, 3.05) is 13.1 Å². The maximum absolute atomic E-state index is 14.2. The van der Waals surface area contributed by atoms with E-state index in [9.17, 15) is 22.7 Å². The Balaban J connectivity index is 0.00000167. The average Bonchev–Trinajstić information content (AvgIpc) is 3.29. The van der Waals surface area contributed by atoms with E-state index in [4.69, 9.17) is 0 Å². The van der Waals surface area contributed by atoms with Gasteiger partial charge in [-0.3, -0.25) is 0 Å². The number of alkyl halides is 3. The van der Waals surface area contributed by atoms with Crippen molar-refractivity contribution in [1.82, 2.24) is 14.7 Å². The summed E-state index contributed by atoms with van der Waals surface area (Å²) in [5, 5.41) is 15.6. The lowest BCUT2D eigenvalue weighted by atomic mass is 9.91. The number of rotatable bonds is 4. The molecule has 2 aromatic carbocycles. The van der Waals surface area contributed by atoms with Gasteiger partial charge < -0.3 is 10.0 Å². The Labute approximate surface area is 201 Å². The highest BCUT2D eigenvalue weighted by Gasteiger charge is 2.55. The number of aromatic nitrogens is 2. The molecule has 1 atom stereocenters. The Bertz CT molecular complexity index is 1260. The molecule has 1 aliphatic rings. The molecule has 0 aliphatic carbocycles. The van der Waals surface area contributed by atoms with E-state index in [1.54, 1.807) is 30.4 Å². The second-order valence-corrected chi connectivity index (χ2v) is 7.77. The molecule has 4 nitrogen and oxygen atoms in total. The molecule has 1 aromatic heterocycles. The molecule has 1 aliphatic heterocycles. The molecule has 2 heterocycles. The normalized spacial score (nSPS) is 18.5. The van der Waals surface area contributed by atoms with Crippen LogP contribution in [-0.4, -0.2) is 39.1 Å². The SMILES string of the molecule is C=C1/C=C\C=C/CN(CC(O)(c2ccc3c(cnn3-c3ccc(F)cc3)c2)C(F)(F)F)/C=C\1.CC. The highest BCUT2D eigenvalue weighted by Crippen LogP contribution is 2.41. The molecule has 0 bridgehead atoms. The third kappa shape index (κ3) is 5.71. The lowest BCUT2D eigenvalue weighted by Crippen LogP contribution is -2.50. The molecule has 0 spiro atoms. The molecule has 0 fully saturated rings. The summed E-state index contributed by atoms with van der Waals surface area (Å²) in [5.41, 5.74) is -1.71. The van der Waals surface area contributed by atoms with Crippen molar-refractivity contribution in [2.24, 2.45) is 0 Å². The van der Waals surface area contributed by atoms with Crippen LogP contribution in [0.4, 0.5) is 17.6 Å². The zero-order chi connectivity index (χ0) is 25.6. The lowest BCUT2D eigenvalue weighted by Gasteiger charge is -2.35. The van der Waals surface area contributed by atoms with Crippen molar-refractivity contribution in [1.29, 1.82) is 0 Å². The zero-order valence-corrected chi connectivity index (χ0v) is 19.5. The molecule has 35 heavy (non-hydrogen) atoms. The van der Waals surface area contributed by atoms with E-state index in [2.05, 4.69) is 11.7 Å². The fourth-order valence-corrected chi connectivity index (χ4v) is 3.61. The predicted octanol–water partition coefficient (Wildman–Crippen LogP) is 6.44. The molecule has 1 unspecified atom stereocenters. The van der Waals surface area contributed by atoms with Crippen molar-refractivity contribution in [3.8, 4) is 5.69 Å². The van der Waals surface area contributed by atoms with E-state index in [-0.39, 0.29) is 12.1 Å². The fourth-order valence-electron chi connectivity index (χ4n) is 3.61. The monoisotopic (exact) mass is 485 g/mol. The summed E-state index contributed by atoms with van der Waals surface area (Å²) in [7, 11) is 0. The highest BCUT2D eigenvalue weighted by molar-refractivity contribution is 5.81. The minimum atomic E-state index is -4.93. The first-order valence-corrected chi connectivity index (χ1v) is 11.1. The molecule has 1 N–H and O–H groups in total. The van der Waals surface area contributed by atoms with Crippen molar-refractivity contribution < 1.29 is 22.7 Å². The number of hydrogen-bond acceptors (Lipinski definition) is 3. The van der Waals surface area contributed by atoms with Crippen LogP contribution in [0.5, 0.6) is 0 Å². The number of allylic oxidation sites excluding steroid dienone is 5. The van der Waals surface area contributed by atoms with Crippen LogP contribution in [0.15, 0.2) is 97.4 Å². The van der Waals surface area contributed by atoms with Gasteiger partial charge in [-0.25, -0.2) is 9.07 Å². The van der Waals surface area contributed by atoms with Gasteiger partial charge in [0, 0.05) is 18.1 Å². The number of nitrogens with zero attached hydrogens (tertiary/aromatic N) is 3. The first-order chi connectivity index (χ1) is 16.7. The summed E-state index contributed by atoms with van der Waals surface area (Å²) in [4.78, 5) is 1.38. The van der Waals surface area contributed by atoms with Crippen LogP contribution >= 0.6 is 0 Å². The van der Waals surface area contributed by atoms with Crippen molar-refractivity contribution in [3.63, 3.8) is 0 Å². The Morgan fingerprint density at radius 3 is 2.43 bits per heavy atom. The molecular weight excluding hydrogens is 458 g/mol. The van der Waals surface area contributed by atoms with Crippen LogP contribution in [0.1, 0.15) is 19.4 Å². The zero-order valence-electron chi connectivity index (χ0n) is 19.5. The predicted molar refractivity (Wildman–Crippen MR) is 130 cm³/mol. The maximum atomic E-state index is 14.2. The van der Waals surface area contributed by atoms with Gasteiger partial charge in [-0.15, -0.1) is 0 Å². The fraction of sp³-hybridized carbons (Fsp3) is 0.222. The van der Waals surface area contributed by atoms with E-state index < -0.39 is 24.1 Å². The van der Waals surface area contributed by atoms with Gasteiger partial charge in [-0.2, -0.15) is 18.3 Å². The first kappa shape index (κ1) is 26.0. The molecule has 0 saturated heterocycles. The van der Waals surface area contributed by atoms with Crippen molar-refractivity contribution in [2.45, 2.75) is 25.6 Å². The lowest BCUT2D eigenvalue weighted by molar-refractivity contribution is -0.269. The van der Waals surface area contributed by atoms with E-state index >= 15 is 0 Å². The minimum Gasteiger partial charge on any atom is -0.375 e. The standard InChI is InChI=1S/C25H21F4N3O.C2H6/c1-18-5-3-2-4-13-31(14-12-18)17-24(33,25(27,28)29)20-6-11-23-19(15-20)16-30-32(23)22-9-7-21(26)8-10-22;1-2/h2-12,14-16,33H,1,13,17H2;1-2H3/b4-2-,5-3-,14-12-;. The summed E-state index contributed by atoms with van der Waals surface area (Å²) in [6.07, 6.45) is 6.47. The van der Waals surface area contributed by atoms with Crippen LogP contribution in [0.2, 0.25) is 0 Å². The molecular formula is C27H27F4N3O. The second kappa shape index (κ2) is 10.7. The second-order valence-electron chi connectivity index (χ2n) is 7.77. The molecule has 8 heteroatoms. The quantitative estimate of drug-likeness (QED) is 0.433. The van der Waals surface area contributed by atoms with E-state index in [0.29, 0.717) is 22.2 Å². The van der Waals surface area contributed by atoms with Gasteiger partial charge in [-0.1, -0.05) is 50.8 Å². The molecule has 0 amide bonds. The number of aliphatic hydroxyl groups is 1. The van der Waals surface area contributed by atoms with Gasteiger partial charge in [0.1, 0.15) is 5.82 Å². The summed E-state index contributed by atoms with van der Waals surface area (Å²) in [6.45, 7) is 7.28. The van der Waals surface area contributed by atoms with E-state index in [0.717, 1.165) is 0 Å². The van der Waals surface area contributed by atoms with Crippen LogP contribution < -0.4 is 0 Å². The number of fused-ring (bicyclic) bond motifs is 1. The Morgan fingerprint density at radius 1 is 1.03 bits per heavy atom. The molecule has 3 aromatic rings. The van der Waals surface area contributed by atoms with E-state index in [1.807, 2.05) is 13.8 Å². The van der Waals surface area contributed by atoms with E-state index in [1.165, 1.54) is 64.4 Å². The maximum Gasteiger partial charge on any atom is 0.423 e. The number of hydrogen-bond donors (Lipinski definition) is 1. The van der Waals surface area contributed by atoms with Gasteiger partial charge in [-0.05, 0) is 53.6 Å². The van der Waals surface area contributed by atoms with Gasteiger partial charge >= 0.3 is 6.18 Å². The summed E-state index contributed by atoms with van der Waals surface area (Å²) in [5.74, 6) is -0.407. The molecule has 184 valence electrons. The van der Waals surface area contributed by atoms with Gasteiger partial charge in [0.2, 0.25) is 5.60 Å². The number of benzene rings is 2. The summed E-state index contributed by atoms with van der Waals surface area (Å²) < 4.78 is 57.3. The highest BCUT2D eigenvalue weighted by atomic mass is 19.4. The third-order valence-electron chi connectivity index (χ3n) is 5.41. The summed E-state index contributed by atoms with van der Waals surface area (Å²) >= 11 is 0. The van der Waals surface area contributed by atoms with Gasteiger partial charge in [0.05, 0.1) is 23.9 Å². The van der Waals surface area contributed by atoms with Crippen LogP contribution in [-0.2, 0) is 5.60 Å². The van der Waals surface area contributed by atoms with Crippen molar-refractivity contribution >= 4 is 10.9 Å². The van der Waals surface area contributed by atoms with Gasteiger partial charge in [0.15, 0.2) is 0 Å². The minimum absolute atomic E-state index is 0.178. The van der Waals surface area contributed by atoms with Crippen LogP contribution in [0, 0.1) is 5.82 Å². The smallest absolute Gasteiger partial charge is 0.375 e. The van der Waals surface area contributed by atoms with Crippen molar-refractivity contribution in [3.05, 3.63) is 109 Å². The van der Waals surface area contributed by atoms with Crippen LogP contribution in [0.25, 0.3) is 16.6 Å². The Morgan fingerprint density at radius 2 is 1.74 bits per heavy atom. The molecule has 0 saturated carbocycles. The van der Waals surface area contributed by atoms with Gasteiger partial charge in [0.25, 0.3) is 0 Å². The topological polar surface area (TPSA) is 41.3 Å². The first-order valence-electron chi connectivity index (χ1n) is 11.1. The number of halogens is 4.